The number of fused-ring (bicyclic) bond motifs is 1. The fourth-order valence-electron chi connectivity index (χ4n) is 2.95. The molecule has 1 saturated heterocycles. The summed E-state index contributed by atoms with van der Waals surface area (Å²) in [6.07, 6.45) is 3.30. The van der Waals surface area contributed by atoms with Crippen LogP contribution in [0.3, 0.4) is 0 Å². The van der Waals surface area contributed by atoms with Gasteiger partial charge in [-0.2, -0.15) is 9.97 Å². The third-order valence-electron chi connectivity index (χ3n) is 4.08. The first-order valence-electron chi connectivity index (χ1n) is 7.85. The average Bonchev–Trinajstić information content (AvgIpc) is 3.24. The highest BCUT2D eigenvalue weighted by atomic mass is 16.5. The van der Waals surface area contributed by atoms with Crippen molar-refractivity contribution in [3.05, 3.63) is 24.5 Å². The van der Waals surface area contributed by atoms with Crippen molar-refractivity contribution in [3.63, 3.8) is 0 Å². The molecule has 1 unspecified atom stereocenters. The van der Waals surface area contributed by atoms with E-state index in [1.807, 2.05) is 0 Å². The molecule has 0 spiro atoms. The number of nitrogens with zero attached hydrogens (tertiary/aromatic N) is 4. The van der Waals surface area contributed by atoms with Gasteiger partial charge in [0.25, 0.3) is 0 Å². The van der Waals surface area contributed by atoms with Gasteiger partial charge in [0.1, 0.15) is 6.23 Å². The molecular formula is C16H17N5O4. The minimum absolute atomic E-state index is 0.00749. The van der Waals surface area contributed by atoms with Crippen LogP contribution >= 0.6 is 0 Å². The summed E-state index contributed by atoms with van der Waals surface area (Å²) in [5, 5.41) is 22.9. The van der Waals surface area contributed by atoms with Gasteiger partial charge in [-0.25, -0.2) is 4.98 Å². The van der Waals surface area contributed by atoms with Crippen LogP contribution in [0.15, 0.2) is 24.5 Å². The number of imidazole rings is 1. The Kier molecular flexibility index (Phi) is 3.77. The molecule has 130 valence electrons. The number of phenolic OH excluding ortho intramolecular Hbond substituents is 1. The molecule has 1 aromatic carbocycles. The highest BCUT2D eigenvalue weighted by molar-refractivity contribution is 5.87. The van der Waals surface area contributed by atoms with Crippen molar-refractivity contribution in [1.82, 2.24) is 19.5 Å². The monoisotopic (exact) mass is 343 g/mol. The van der Waals surface area contributed by atoms with Gasteiger partial charge < -0.3 is 25.0 Å². The molecule has 0 aliphatic carbocycles. The third kappa shape index (κ3) is 2.68. The molecule has 1 fully saturated rings. The molecule has 0 bridgehead atoms. The SMILES string of the molecule is COc1c(O)cccc1Nc1nc(O)nc2c1ncn2C1CCCO1. The second-order valence-electron chi connectivity index (χ2n) is 5.65. The standard InChI is InChI=1S/C16H17N5O4/c1-24-13-9(4-2-5-10(13)22)18-14-12-15(20-16(23)19-14)21(8-17-12)11-6-3-7-25-11/h2,4-5,8,11,22H,3,6-7H2,1H3,(H2,18,19,20,23). The summed E-state index contributed by atoms with van der Waals surface area (Å²) in [7, 11) is 1.46. The van der Waals surface area contributed by atoms with Crippen LogP contribution in [-0.4, -0.2) is 43.4 Å². The number of para-hydroxylation sites is 1. The number of anilines is 2. The highest BCUT2D eigenvalue weighted by Crippen LogP contribution is 2.37. The van der Waals surface area contributed by atoms with Crippen LogP contribution in [-0.2, 0) is 4.74 Å². The van der Waals surface area contributed by atoms with E-state index in [1.54, 1.807) is 23.0 Å². The van der Waals surface area contributed by atoms with E-state index in [0.717, 1.165) is 12.8 Å². The van der Waals surface area contributed by atoms with Crippen molar-refractivity contribution in [2.45, 2.75) is 19.1 Å². The molecule has 3 aromatic rings. The van der Waals surface area contributed by atoms with Crippen molar-refractivity contribution in [2.24, 2.45) is 0 Å². The predicted molar refractivity (Wildman–Crippen MR) is 89.2 cm³/mol. The van der Waals surface area contributed by atoms with Crippen LogP contribution in [0.4, 0.5) is 11.5 Å². The van der Waals surface area contributed by atoms with E-state index in [2.05, 4.69) is 20.3 Å². The first-order valence-corrected chi connectivity index (χ1v) is 7.85. The molecule has 9 heteroatoms. The van der Waals surface area contributed by atoms with Crippen LogP contribution in [0.5, 0.6) is 17.5 Å². The van der Waals surface area contributed by atoms with Gasteiger partial charge in [0.2, 0.25) is 0 Å². The van der Waals surface area contributed by atoms with E-state index < -0.39 is 0 Å². The van der Waals surface area contributed by atoms with E-state index in [1.165, 1.54) is 13.2 Å². The summed E-state index contributed by atoms with van der Waals surface area (Å²) in [5.41, 5.74) is 1.45. The largest absolute Gasteiger partial charge is 0.504 e. The molecule has 4 rings (SSSR count). The number of ether oxygens (including phenoxy) is 2. The Balaban J connectivity index is 1.79. The number of phenols is 1. The summed E-state index contributed by atoms with van der Waals surface area (Å²) in [4.78, 5) is 12.5. The second-order valence-corrected chi connectivity index (χ2v) is 5.65. The minimum Gasteiger partial charge on any atom is -0.504 e. The molecule has 0 amide bonds. The van der Waals surface area contributed by atoms with Gasteiger partial charge in [0.05, 0.1) is 19.1 Å². The molecule has 25 heavy (non-hydrogen) atoms. The number of nitrogens with one attached hydrogen (secondary N) is 1. The second kappa shape index (κ2) is 6.10. The Morgan fingerprint density at radius 2 is 2.20 bits per heavy atom. The van der Waals surface area contributed by atoms with E-state index in [4.69, 9.17) is 9.47 Å². The quantitative estimate of drug-likeness (QED) is 0.661. The van der Waals surface area contributed by atoms with Gasteiger partial charge in [-0.15, -0.1) is 0 Å². The van der Waals surface area contributed by atoms with E-state index in [0.29, 0.717) is 29.3 Å². The molecular weight excluding hydrogens is 326 g/mol. The summed E-state index contributed by atoms with van der Waals surface area (Å²) in [6.45, 7) is 0.688. The topological polar surface area (TPSA) is 115 Å². The van der Waals surface area contributed by atoms with E-state index in [9.17, 15) is 10.2 Å². The number of hydrogen-bond donors (Lipinski definition) is 3. The van der Waals surface area contributed by atoms with Crippen LogP contribution in [0.1, 0.15) is 19.1 Å². The molecule has 1 aliphatic heterocycles. The third-order valence-corrected chi connectivity index (χ3v) is 4.08. The maximum atomic E-state index is 9.93. The molecule has 3 heterocycles. The molecule has 3 N–H and O–H groups in total. The van der Waals surface area contributed by atoms with Crippen LogP contribution in [0.2, 0.25) is 0 Å². The lowest BCUT2D eigenvalue weighted by Crippen LogP contribution is -2.07. The van der Waals surface area contributed by atoms with Gasteiger partial charge in [-0.05, 0) is 25.0 Å². The van der Waals surface area contributed by atoms with E-state index >= 15 is 0 Å². The molecule has 1 atom stereocenters. The van der Waals surface area contributed by atoms with Crippen LogP contribution in [0, 0.1) is 0 Å². The number of benzene rings is 1. The molecule has 2 aromatic heterocycles. The zero-order valence-corrected chi connectivity index (χ0v) is 13.5. The normalized spacial score (nSPS) is 17.1. The lowest BCUT2D eigenvalue weighted by atomic mass is 10.2. The van der Waals surface area contributed by atoms with Gasteiger partial charge >= 0.3 is 6.01 Å². The van der Waals surface area contributed by atoms with Crippen molar-refractivity contribution in [1.29, 1.82) is 0 Å². The average molecular weight is 343 g/mol. The van der Waals surface area contributed by atoms with Crippen LogP contribution < -0.4 is 10.1 Å². The van der Waals surface area contributed by atoms with Gasteiger partial charge in [-0.3, -0.25) is 4.57 Å². The highest BCUT2D eigenvalue weighted by Gasteiger charge is 2.23. The molecule has 1 aliphatic rings. The maximum Gasteiger partial charge on any atom is 0.318 e. The number of methoxy groups -OCH3 is 1. The predicted octanol–water partition coefficient (Wildman–Crippen LogP) is 2.30. The summed E-state index contributed by atoms with van der Waals surface area (Å²) >= 11 is 0. The summed E-state index contributed by atoms with van der Waals surface area (Å²) < 4.78 is 12.7. The Hall–Kier alpha value is -3.07. The summed E-state index contributed by atoms with van der Waals surface area (Å²) in [6, 6.07) is 4.53. The molecule has 9 nitrogen and oxygen atoms in total. The smallest absolute Gasteiger partial charge is 0.318 e. The van der Waals surface area contributed by atoms with Crippen molar-refractivity contribution in [2.75, 3.05) is 19.0 Å². The van der Waals surface area contributed by atoms with Crippen LogP contribution in [0.25, 0.3) is 11.2 Å². The fraction of sp³-hybridized carbons (Fsp3) is 0.312. The van der Waals surface area contributed by atoms with Crippen molar-refractivity contribution >= 4 is 22.7 Å². The lowest BCUT2D eigenvalue weighted by molar-refractivity contribution is 0.0592. The lowest BCUT2D eigenvalue weighted by Gasteiger charge is -2.13. The van der Waals surface area contributed by atoms with Gasteiger partial charge in [-0.1, -0.05) is 6.07 Å². The number of aromatic nitrogens is 4. The Morgan fingerprint density at radius 3 is 2.96 bits per heavy atom. The number of rotatable bonds is 4. The Labute approximate surface area is 142 Å². The van der Waals surface area contributed by atoms with Gasteiger partial charge in [0, 0.05) is 6.61 Å². The summed E-state index contributed by atoms with van der Waals surface area (Å²) in [5.74, 6) is 0.572. The number of aromatic hydroxyl groups is 2. The minimum atomic E-state index is -0.381. The first kappa shape index (κ1) is 15.5. The first-order chi connectivity index (χ1) is 12.2. The van der Waals surface area contributed by atoms with Crippen molar-refractivity contribution < 1.29 is 19.7 Å². The Morgan fingerprint density at radius 1 is 1.32 bits per heavy atom. The van der Waals surface area contributed by atoms with Crippen molar-refractivity contribution in [3.8, 4) is 17.5 Å². The zero-order chi connectivity index (χ0) is 17.4. The van der Waals surface area contributed by atoms with E-state index in [-0.39, 0.29) is 23.7 Å². The fourth-order valence-corrected chi connectivity index (χ4v) is 2.95. The molecule has 0 saturated carbocycles. The number of hydrogen-bond acceptors (Lipinski definition) is 8. The Bertz CT molecular complexity index is 920. The maximum absolute atomic E-state index is 9.93. The zero-order valence-electron chi connectivity index (χ0n) is 13.5. The molecule has 0 radical (unpaired) electrons. The van der Waals surface area contributed by atoms with Gasteiger partial charge in [0.15, 0.2) is 28.5 Å².